The summed E-state index contributed by atoms with van der Waals surface area (Å²) in [5.74, 6) is 2.46. The van der Waals surface area contributed by atoms with Crippen LogP contribution in [0.1, 0.15) is 6.42 Å². The van der Waals surface area contributed by atoms with Crippen molar-refractivity contribution >= 4 is 17.7 Å². The van der Waals surface area contributed by atoms with Crippen LogP contribution in [0.25, 0.3) is 0 Å². The summed E-state index contributed by atoms with van der Waals surface area (Å²) in [6.45, 7) is 0.782. The Morgan fingerprint density at radius 1 is 1.64 bits per heavy atom. The second-order valence-electron chi connectivity index (χ2n) is 3.11. The molecule has 2 unspecified atom stereocenters. The van der Waals surface area contributed by atoms with Crippen LogP contribution in [0.4, 0.5) is 0 Å². The summed E-state index contributed by atoms with van der Waals surface area (Å²) in [6.07, 6.45) is 1.16. The molecule has 2 atom stereocenters. The lowest BCUT2D eigenvalue weighted by Crippen LogP contribution is -2.64. The molecule has 1 amide bonds. The van der Waals surface area contributed by atoms with Gasteiger partial charge in [-0.1, -0.05) is 0 Å². The van der Waals surface area contributed by atoms with E-state index < -0.39 is 0 Å². The van der Waals surface area contributed by atoms with Gasteiger partial charge >= 0.3 is 0 Å². The molecule has 2 rings (SSSR count). The second-order valence-corrected chi connectivity index (χ2v) is 4.26. The molecule has 2 fully saturated rings. The zero-order valence-corrected chi connectivity index (χ0v) is 7.14. The van der Waals surface area contributed by atoms with Crippen LogP contribution in [-0.4, -0.2) is 40.9 Å². The Bertz CT molecular complexity index is 179. The average Bonchev–Trinajstić information content (AvgIpc) is 2.51. The van der Waals surface area contributed by atoms with Gasteiger partial charge in [-0.15, -0.1) is 0 Å². The summed E-state index contributed by atoms with van der Waals surface area (Å²) >= 11 is 1.93. The monoisotopic (exact) mass is 172 g/mol. The number of β-lactam (4-membered cyclic amide) rings is 1. The third-order valence-corrected chi connectivity index (χ3v) is 3.48. The van der Waals surface area contributed by atoms with Gasteiger partial charge in [-0.3, -0.25) is 4.79 Å². The van der Waals surface area contributed by atoms with Crippen LogP contribution in [0, 0.1) is 0 Å². The largest absolute Gasteiger partial charge is 0.335 e. The molecule has 0 aromatic rings. The summed E-state index contributed by atoms with van der Waals surface area (Å²) in [4.78, 5) is 13.1. The minimum absolute atomic E-state index is 0.150. The molecule has 0 aliphatic carbocycles. The van der Waals surface area contributed by atoms with Gasteiger partial charge in [0.2, 0.25) is 5.91 Å². The van der Waals surface area contributed by atoms with Crippen molar-refractivity contribution in [3.8, 4) is 0 Å². The van der Waals surface area contributed by atoms with Crippen molar-refractivity contribution < 1.29 is 4.79 Å². The molecule has 4 heteroatoms. The summed E-state index contributed by atoms with van der Waals surface area (Å²) in [5, 5.41) is 0. The number of hydrogen-bond acceptors (Lipinski definition) is 3. The van der Waals surface area contributed by atoms with Gasteiger partial charge in [0.15, 0.2) is 0 Å². The topological polar surface area (TPSA) is 46.3 Å². The van der Waals surface area contributed by atoms with Gasteiger partial charge in [0.25, 0.3) is 0 Å². The minimum Gasteiger partial charge on any atom is -0.335 e. The van der Waals surface area contributed by atoms with Crippen molar-refractivity contribution in [2.24, 2.45) is 5.73 Å². The van der Waals surface area contributed by atoms with E-state index in [4.69, 9.17) is 5.73 Å². The predicted octanol–water partition coefficient (Wildman–Crippen LogP) is -0.339. The number of amides is 1. The van der Waals surface area contributed by atoms with Crippen molar-refractivity contribution in [3.05, 3.63) is 0 Å². The third kappa shape index (κ3) is 1.14. The van der Waals surface area contributed by atoms with Crippen LogP contribution >= 0.6 is 11.8 Å². The maximum absolute atomic E-state index is 11.1. The molecule has 0 radical (unpaired) electrons. The lowest BCUT2D eigenvalue weighted by molar-refractivity contribution is -0.144. The Kier molecular flexibility index (Phi) is 1.81. The standard InChI is InChI=1S/C7H12N2OS/c8-6-3-9(7(6)10)5-1-2-11-4-5/h5-6H,1-4,8H2. The first-order chi connectivity index (χ1) is 5.29. The van der Waals surface area contributed by atoms with Crippen molar-refractivity contribution in [1.82, 2.24) is 4.90 Å². The number of thioether (sulfide) groups is 1. The third-order valence-electron chi connectivity index (χ3n) is 2.34. The van der Waals surface area contributed by atoms with E-state index >= 15 is 0 Å². The number of likely N-dealkylation sites (tertiary alicyclic amines) is 1. The number of hydrogen-bond donors (Lipinski definition) is 1. The van der Waals surface area contributed by atoms with Crippen molar-refractivity contribution in [3.63, 3.8) is 0 Å². The van der Waals surface area contributed by atoms with Crippen LogP contribution in [0.3, 0.4) is 0 Å². The Hall–Kier alpha value is -0.220. The molecular weight excluding hydrogens is 160 g/mol. The van der Waals surface area contributed by atoms with Crippen LogP contribution in [0.15, 0.2) is 0 Å². The smallest absolute Gasteiger partial charge is 0.241 e. The van der Waals surface area contributed by atoms with Gasteiger partial charge in [0.1, 0.15) is 6.04 Å². The Morgan fingerprint density at radius 3 is 2.91 bits per heavy atom. The summed E-state index contributed by atoms with van der Waals surface area (Å²) in [7, 11) is 0. The second kappa shape index (κ2) is 2.68. The number of carbonyl (C=O) groups is 1. The zero-order chi connectivity index (χ0) is 7.84. The molecule has 0 saturated carbocycles. The van der Waals surface area contributed by atoms with Gasteiger partial charge < -0.3 is 10.6 Å². The molecule has 3 nitrogen and oxygen atoms in total. The van der Waals surface area contributed by atoms with E-state index in [0.717, 1.165) is 18.7 Å². The molecule has 0 aromatic heterocycles. The van der Waals surface area contributed by atoms with Crippen molar-refractivity contribution in [2.75, 3.05) is 18.1 Å². The fourth-order valence-electron chi connectivity index (χ4n) is 1.58. The van der Waals surface area contributed by atoms with Crippen molar-refractivity contribution in [2.45, 2.75) is 18.5 Å². The molecule has 2 aliphatic rings. The fourth-order valence-corrected chi connectivity index (χ4v) is 2.80. The first-order valence-corrected chi connectivity index (χ1v) is 5.08. The molecule has 2 saturated heterocycles. The van der Waals surface area contributed by atoms with E-state index in [1.165, 1.54) is 5.75 Å². The van der Waals surface area contributed by atoms with E-state index in [-0.39, 0.29) is 11.9 Å². The summed E-state index contributed by atoms with van der Waals surface area (Å²) in [6, 6.07) is 0.299. The maximum Gasteiger partial charge on any atom is 0.241 e. The van der Waals surface area contributed by atoms with E-state index in [1.807, 2.05) is 16.7 Å². The molecule has 11 heavy (non-hydrogen) atoms. The van der Waals surface area contributed by atoms with E-state index in [1.54, 1.807) is 0 Å². The first kappa shape index (κ1) is 7.43. The molecule has 2 heterocycles. The molecule has 2 aliphatic heterocycles. The van der Waals surface area contributed by atoms with Gasteiger partial charge in [-0.2, -0.15) is 11.8 Å². The molecule has 0 bridgehead atoms. The predicted molar refractivity (Wildman–Crippen MR) is 45.4 cm³/mol. The van der Waals surface area contributed by atoms with Gasteiger partial charge in [0.05, 0.1) is 0 Å². The highest BCUT2D eigenvalue weighted by Gasteiger charge is 2.39. The number of nitrogens with zero attached hydrogens (tertiary/aromatic N) is 1. The van der Waals surface area contributed by atoms with Gasteiger partial charge in [-0.05, 0) is 12.2 Å². The van der Waals surface area contributed by atoms with E-state index in [9.17, 15) is 4.79 Å². The average molecular weight is 172 g/mol. The highest BCUT2D eigenvalue weighted by atomic mass is 32.2. The summed E-state index contributed by atoms with van der Waals surface area (Å²) < 4.78 is 0. The quantitative estimate of drug-likeness (QED) is 0.550. The first-order valence-electron chi connectivity index (χ1n) is 3.93. The number of nitrogens with two attached hydrogens (primary N) is 1. The highest BCUT2D eigenvalue weighted by molar-refractivity contribution is 7.99. The van der Waals surface area contributed by atoms with Crippen LogP contribution in [0.5, 0.6) is 0 Å². The molecule has 62 valence electrons. The Balaban J connectivity index is 1.92. The van der Waals surface area contributed by atoms with E-state index in [2.05, 4.69) is 0 Å². The number of carbonyl (C=O) groups excluding carboxylic acids is 1. The normalized spacial score (nSPS) is 37.5. The van der Waals surface area contributed by atoms with Crippen LogP contribution in [-0.2, 0) is 4.79 Å². The van der Waals surface area contributed by atoms with E-state index in [0.29, 0.717) is 6.04 Å². The summed E-state index contributed by atoms with van der Waals surface area (Å²) in [5.41, 5.74) is 5.48. The maximum atomic E-state index is 11.1. The molecule has 0 aromatic carbocycles. The zero-order valence-electron chi connectivity index (χ0n) is 6.32. The van der Waals surface area contributed by atoms with Gasteiger partial charge in [-0.25, -0.2) is 0 Å². The Labute approximate surface area is 70.3 Å². The van der Waals surface area contributed by atoms with Crippen LogP contribution < -0.4 is 5.73 Å². The fraction of sp³-hybridized carbons (Fsp3) is 0.857. The number of rotatable bonds is 1. The highest BCUT2D eigenvalue weighted by Crippen LogP contribution is 2.25. The van der Waals surface area contributed by atoms with Crippen LogP contribution in [0.2, 0.25) is 0 Å². The minimum atomic E-state index is -0.194. The molecule has 0 spiro atoms. The van der Waals surface area contributed by atoms with Crippen molar-refractivity contribution in [1.29, 1.82) is 0 Å². The lowest BCUT2D eigenvalue weighted by Gasteiger charge is -2.40. The Morgan fingerprint density at radius 2 is 2.45 bits per heavy atom. The molecular formula is C7H12N2OS. The SMILES string of the molecule is NC1CN(C2CCSC2)C1=O. The van der Waals surface area contributed by atoms with Gasteiger partial charge in [0, 0.05) is 18.3 Å². The lowest BCUT2D eigenvalue weighted by atomic mass is 10.0. The molecule has 2 N–H and O–H groups in total.